The topological polar surface area (TPSA) is 14.7 Å². The molecule has 4 heteroatoms. The maximum Gasteiger partial charge on any atom is 0.0542 e. The Kier molecular flexibility index (Phi) is 10.5. The number of anilines is 7. The predicted octanol–water partition coefficient (Wildman–Crippen LogP) is 18.5. The number of aromatic nitrogens is 1. The van der Waals surface area contributed by atoms with Crippen molar-refractivity contribution in [2.24, 2.45) is 23.7 Å². The highest BCUT2D eigenvalue weighted by Crippen LogP contribution is 2.52. The van der Waals surface area contributed by atoms with Crippen LogP contribution in [0.5, 0.6) is 0 Å². The first-order chi connectivity index (χ1) is 35.6. The molecule has 0 bridgehead atoms. The van der Waals surface area contributed by atoms with Gasteiger partial charge in [0.05, 0.1) is 22.4 Å². The van der Waals surface area contributed by atoms with E-state index in [0.29, 0.717) is 23.8 Å². The van der Waals surface area contributed by atoms with Crippen molar-refractivity contribution in [3.05, 3.63) is 242 Å². The van der Waals surface area contributed by atoms with E-state index in [1.807, 2.05) is 0 Å². The van der Waals surface area contributed by atoms with Crippen LogP contribution in [0, 0.1) is 23.7 Å². The molecule has 1 aliphatic heterocycles. The van der Waals surface area contributed by atoms with E-state index in [9.17, 15) is 0 Å². The molecule has 72 heavy (non-hydrogen) atoms. The fraction of sp³-hybridized carbons (Fsp3) is 0.176. The molecule has 0 N–H and O–H groups in total. The Bertz CT molecular complexity index is 3580. The molecule has 350 valence electrons. The zero-order valence-corrected chi connectivity index (χ0v) is 40.9. The van der Waals surface area contributed by atoms with Crippen LogP contribution < -0.4 is 14.7 Å². The Hall–Kier alpha value is -8.08. The summed E-state index contributed by atoms with van der Waals surface area (Å²) in [7, 11) is 0. The van der Waals surface area contributed by atoms with Crippen LogP contribution in [-0.2, 0) is 0 Å². The fourth-order valence-corrected chi connectivity index (χ4v) is 13.5. The normalized spacial score (nSPS) is 20.5. The monoisotopic (exact) mass is 930 g/mol. The maximum atomic E-state index is 2.83. The van der Waals surface area contributed by atoms with Gasteiger partial charge in [0.1, 0.15) is 0 Å². The average Bonchev–Trinajstić information content (AvgIpc) is 3.76. The largest absolute Gasteiger partial charge is 0.341 e. The van der Waals surface area contributed by atoms with E-state index < -0.39 is 0 Å². The average molecular weight is 931 g/mol. The minimum absolute atomic E-state index is 0.484. The molecular weight excluding hydrogens is 873 g/mol. The van der Waals surface area contributed by atoms with Gasteiger partial charge in [-0.15, -0.1) is 0 Å². The van der Waals surface area contributed by atoms with Gasteiger partial charge in [-0.05, 0) is 157 Å². The summed E-state index contributed by atoms with van der Waals surface area (Å²) in [5.74, 6) is 2.57. The van der Waals surface area contributed by atoms with Crippen LogP contribution >= 0.6 is 0 Å². The van der Waals surface area contributed by atoms with Gasteiger partial charge in [-0.3, -0.25) is 0 Å². The third kappa shape index (κ3) is 7.10. The molecule has 1 aromatic heterocycles. The minimum Gasteiger partial charge on any atom is -0.341 e. The van der Waals surface area contributed by atoms with E-state index in [1.54, 1.807) is 11.3 Å². The molecule has 2 heterocycles. The Morgan fingerprint density at radius 1 is 0.472 bits per heavy atom. The minimum atomic E-state index is 0.484. The van der Waals surface area contributed by atoms with Crippen LogP contribution in [0.25, 0.3) is 49.0 Å². The lowest BCUT2D eigenvalue weighted by molar-refractivity contribution is 0.217. The molecule has 1 fully saturated rings. The standard InChI is InChI=1S/C68H58N4/c1-46-17-14-29-60-57(46)40-33-50-43-49-20-10-13-30-63(49)72(68(50)60)54-36-34-53(35-37-54)71-66-41-38-55(69(51-23-4-2-5-24-51)64-31-15-21-47-18-8-11-27-58(47)64)44-61(66)62-45-56(39-42-67(62)71)70(52-25-6-3-7-26-52)65-32-16-22-48-19-9-12-28-59(48)65/h2-13,15-16,18-19,21-28,31-42,44-46,49,57,60,63H,14,17,20,29-30,43H2,1H3. The summed E-state index contributed by atoms with van der Waals surface area (Å²) in [6, 6.07) is 76.9. The van der Waals surface area contributed by atoms with Crippen LogP contribution in [0.15, 0.2) is 242 Å². The van der Waals surface area contributed by atoms with Crippen molar-refractivity contribution in [3.8, 4) is 5.69 Å². The van der Waals surface area contributed by atoms with Crippen molar-refractivity contribution in [1.82, 2.24) is 4.57 Å². The maximum absolute atomic E-state index is 2.83. The first-order valence-electron chi connectivity index (χ1n) is 26.3. The fourth-order valence-electron chi connectivity index (χ4n) is 13.5. The van der Waals surface area contributed by atoms with E-state index >= 15 is 0 Å². The molecule has 0 radical (unpaired) electrons. The number of benzene rings is 9. The highest BCUT2D eigenvalue weighted by Gasteiger charge is 2.44. The first kappa shape index (κ1) is 42.8. The molecule has 5 atom stereocenters. The summed E-state index contributed by atoms with van der Waals surface area (Å²) in [5, 5.41) is 7.28. The summed E-state index contributed by atoms with van der Waals surface area (Å²) in [5.41, 5.74) is 14.8. The lowest BCUT2D eigenvalue weighted by Crippen LogP contribution is -2.49. The number of fused-ring (bicyclic) bond motifs is 8. The molecule has 5 unspecified atom stereocenters. The summed E-state index contributed by atoms with van der Waals surface area (Å²) in [6.07, 6.45) is 17.4. The van der Waals surface area contributed by atoms with E-state index in [2.05, 4.69) is 257 Å². The predicted molar refractivity (Wildman–Crippen MR) is 304 cm³/mol. The second-order valence-corrected chi connectivity index (χ2v) is 20.8. The van der Waals surface area contributed by atoms with Gasteiger partial charge < -0.3 is 19.3 Å². The number of para-hydroxylation sites is 2. The number of hydrogen-bond acceptors (Lipinski definition) is 3. The van der Waals surface area contributed by atoms with Crippen molar-refractivity contribution in [1.29, 1.82) is 0 Å². The Morgan fingerprint density at radius 3 is 1.62 bits per heavy atom. The van der Waals surface area contributed by atoms with Gasteiger partial charge >= 0.3 is 0 Å². The third-order valence-electron chi connectivity index (χ3n) is 16.8. The van der Waals surface area contributed by atoms with Gasteiger partial charge in [0, 0.05) is 73.3 Å². The molecule has 0 saturated heterocycles. The van der Waals surface area contributed by atoms with Crippen LogP contribution in [0.1, 0.15) is 45.4 Å². The van der Waals surface area contributed by atoms with Gasteiger partial charge in [0.15, 0.2) is 0 Å². The smallest absolute Gasteiger partial charge is 0.0542 e. The van der Waals surface area contributed by atoms with Gasteiger partial charge in [-0.25, -0.2) is 0 Å². The summed E-state index contributed by atoms with van der Waals surface area (Å²) >= 11 is 0. The summed E-state index contributed by atoms with van der Waals surface area (Å²) < 4.78 is 2.51. The highest BCUT2D eigenvalue weighted by molar-refractivity contribution is 6.13. The molecule has 3 aliphatic carbocycles. The van der Waals surface area contributed by atoms with E-state index in [1.165, 1.54) is 80.4 Å². The van der Waals surface area contributed by atoms with E-state index in [-0.39, 0.29) is 0 Å². The van der Waals surface area contributed by atoms with E-state index in [0.717, 1.165) is 52.9 Å². The molecule has 0 spiro atoms. The van der Waals surface area contributed by atoms with Gasteiger partial charge in [0.25, 0.3) is 0 Å². The lowest BCUT2D eigenvalue weighted by Gasteiger charge is -2.52. The number of nitrogens with zero attached hydrogens (tertiary/aromatic N) is 4. The molecule has 4 aliphatic rings. The Morgan fingerprint density at radius 2 is 1.01 bits per heavy atom. The number of hydrogen-bond donors (Lipinski definition) is 0. The zero-order valence-electron chi connectivity index (χ0n) is 40.9. The molecule has 9 aromatic carbocycles. The van der Waals surface area contributed by atoms with Gasteiger partial charge in [-0.2, -0.15) is 0 Å². The number of allylic oxidation sites excluding steroid dienone is 5. The quantitative estimate of drug-likeness (QED) is 0.141. The van der Waals surface area contributed by atoms with E-state index in [4.69, 9.17) is 0 Å². The van der Waals surface area contributed by atoms with Crippen molar-refractivity contribution >= 4 is 83.2 Å². The zero-order chi connectivity index (χ0) is 47.7. The van der Waals surface area contributed by atoms with Gasteiger partial charge in [0.2, 0.25) is 0 Å². The van der Waals surface area contributed by atoms with Crippen molar-refractivity contribution < 1.29 is 0 Å². The van der Waals surface area contributed by atoms with Crippen LogP contribution in [-0.4, -0.2) is 10.6 Å². The molecule has 1 saturated carbocycles. The molecule has 14 rings (SSSR count). The third-order valence-corrected chi connectivity index (χ3v) is 16.8. The molecule has 10 aromatic rings. The van der Waals surface area contributed by atoms with Crippen molar-refractivity contribution in [3.63, 3.8) is 0 Å². The summed E-state index contributed by atoms with van der Waals surface area (Å²) in [6.45, 7) is 2.49. The molecular formula is C68H58N4. The highest BCUT2D eigenvalue weighted by atomic mass is 15.2. The number of rotatable bonds is 8. The Labute approximate surface area is 423 Å². The van der Waals surface area contributed by atoms with Crippen LogP contribution in [0.4, 0.5) is 39.8 Å². The Balaban J connectivity index is 0.966. The summed E-state index contributed by atoms with van der Waals surface area (Å²) in [4.78, 5) is 7.70. The SMILES string of the molecule is CC1CCCC2C3=C(C=CC12)CC1CC=CCC1N3c1ccc(-n2c3ccc(N(c4ccccc4)c4cccc5ccccc45)cc3c3cc(N(c4ccccc4)c4cccc5ccccc45)ccc32)cc1. The molecule has 4 nitrogen and oxygen atoms in total. The lowest BCUT2D eigenvalue weighted by atomic mass is 9.65. The van der Waals surface area contributed by atoms with Crippen LogP contribution in [0.3, 0.4) is 0 Å². The van der Waals surface area contributed by atoms with Gasteiger partial charge in [-0.1, -0.05) is 153 Å². The van der Waals surface area contributed by atoms with Crippen molar-refractivity contribution in [2.75, 3.05) is 14.7 Å². The molecule has 0 amide bonds. The second kappa shape index (κ2) is 17.6. The van der Waals surface area contributed by atoms with Crippen LogP contribution in [0.2, 0.25) is 0 Å². The first-order valence-corrected chi connectivity index (χ1v) is 26.3. The second-order valence-electron chi connectivity index (χ2n) is 20.8. The van der Waals surface area contributed by atoms with Crippen molar-refractivity contribution in [2.45, 2.75) is 51.5 Å².